The number of nitrogens with one attached hydrogen (secondary N) is 1. The molecular weight excluding hydrogens is 899 g/mol. The minimum Gasteiger partial charge on any atom is -0.466 e. The second-order valence-corrected chi connectivity index (χ2v) is 22.1. The molecule has 0 aliphatic heterocycles. The highest BCUT2D eigenvalue weighted by Gasteiger charge is 2.18. The molecule has 0 heterocycles. The van der Waals surface area contributed by atoms with E-state index in [-0.39, 0.29) is 18.5 Å². The Balaban J connectivity index is 3.48. The van der Waals surface area contributed by atoms with Crippen LogP contribution in [0.25, 0.3) is 0 Å². The highest BCUT2D eigenvalue weighted by Crippen LogP contribution is 2.17. The molecule has 73 heavy (non-hydrogen) atoms. The summed E-state index contributed by atoms with van der Waals surface area (Å²) in [6.07, 6.45) is 80.1. The van der Waals surface area contributed by atoms with Crippen molar-refractivity contribution in [2.24, 2.45) is 0 Å². The van der Waals surface area contributed by atoms with E-state index in [2.05, 4.69) is 55.6 Å². The summed E-state index contributed by atoms with van der Waals surface area (Å²) in [4.78, 5) is 24.6. The van der Waals surface area contributed by atoms with Gasteiger partial charge in [-0.3, -0.25) is 9.59 Å². The molecule has 6 nitrogen and oxygen atoms in total. The second-order valence-electron chi connectivity index (χ2n) is 22.1. The summed E-state index contributed by atoms with van der Waals surface area (Å²) in [7, 11) is 0. The summed E-state index contributed by atoms with van der Waals surface area (Å²) in [5, 5.41) is 23.2. The van der Waals surface area contributed by atoms with Gasteiger partial charge in [0.25, 0.3) is 0 Å². The van der Waals surface area contributed by atoms with Crippen molar-refractivity contribution in [1.29, 1.82) is 0 Å². The fraction of sp³-hybridized carbons (Fsp3) is 0.851. The molecule has 0 aliphatic rings. The average molecular weight is 1020 g/mol. The molecule has 0 aromatic heterocycles. The number of esters is 1. The van der Waals surface area contributed by atoms with Crippen LogP contribution >= 0.6 is 0 Å². The molecule has 2 unspecified atom stereocenters. The highest BCUT2D eigenvalue weighted by molar-refractivity contribution is 5.76. The maximum atomic E-state index is 12.5. The van der Waals surface area contributed by atoms with E-state index < -0.39 is 12.1 Å². The lowest BCUT2D eigenvalue weighted by Crippen LogP contribution is -2.45. The molecule has 3 N–H and O–H groups in total. The Morgan fingerprint density at radius 2 is 0.685 bits per heavy atom. The number of carbonyl (C=O) groups is 2. The van der Waals surface area contributed by atoms with Gasteiger partial charge in [0.2, 0.25) is 5.91 Å². The fourth-order valence-corrected chi connectivity index (χ4v) is 9.84. The minimum atomic E-state index is -0.855. The predicted molar refractivity (Wildman–Crippen MR) is 319 cm³/mol. The van der Waals surface area contributed by atoms with Crippen molar-refractivity contribution in [2.45, 2.75) is 353 Å². The molecule has 0 spiro atoms. The zero-order valence-electron chi connectivity index (χ0n) is 48.9. The Morgan fingerprint density at radius 1 is 0.384 bits per heavy atom. The molecule has 0 aromatic carbocycles. The molecule has 0 saturated carbocycles. The van der Waals surface area contributed by atoms with Crippen molar-refractivity contribution >= 4 is 11.9 Å². The van der Waals surface area contributed by atoms with Gasteiger partial charge in [0.1, 0.15) is 0 Å². The highest BCUT2D eigenvalue weighted by atomic mass is 16.5. The molecule has 0 aromatic rings. The third-order valence-electron chi connectivity index (χ3n) is 14.8. The topological polar surface area (TPSA) is 95.9 Å². The van der Waals surface area contributed by atoms with Gasteiger partial charge in [0.05, 0.1) is 25.4 Å². The van der Waals surface area contributed by atoms with E-state index in [1.807, 2.05) is 6.08 Å². The molecule has 1 amide bonds. The number of rotatable bonds is 60. The summed E-state index contributed by atoms with van der Waals surface area (Å²) in [5.41, 5.74) is 0. The predicted octanol–water partition coefficient (Wildman–Crippen LogP) is 20.5. The Morgan fingerprint density at radius 3 is 1.07 bits per heavy atom. The Bertz CT molecular complexity index is 1230. The van der Waals surface area contributed by atoms with Crippen LogP contribution in [0.2, 0.25) is 0 Å². The van der Waals surface area contributed by atoms with Crippen LogP contribution in [0.5, 0.6) is 0 Å². The van der Waals surface area contributed by atoms with Gasteiger partial charge in [-0.15, -0.1) is 0 Å². The lowest BCUT2D eigenvalue weighted by atomic mass is 10.0. The van der Waals surface area contributed by atoms with Crippen molar-refractivity contribution in [3.8, 4) is 0 Å². The van der Waals surface area contributed by atoms with Crippen LogP contribution in [-0.4, -0.2) is 47.4 Å². The van der Waals surface area contributed by atoms with E-state index in [0.29, 0.717) is 19.4 Å². The number of allylic oxidation sites excluding steroid dienone is 7. The number of aliphatic hydroxyl groups excluding tert-OH is 2. The molecule has 0 radical (unpaired) electrons. The van der Waals surface area contributed by atoms with Crippen LogP contribution in [-0.2, 0) is 14.3 Å². The van der Waals surface area contributed by atoms with Crippen molar-refractivity contribution in [1.82, 2.24) is 5.32 Å². The first-order valence-electron chi connectivity index (χ1n) is 32.4. The summed E-state index contributed by atoms with van der Waals surface area (Å²) < 4.78 is 5.48. The minimum absolute atomic E-state index is 0.00995. The lowest BCUT2D eigenvalue weighted by molar-refractivity contribution is -0.143. The summed E-state index contributed by atoms with van der Waals surface area (Å²) >= 11 is 0. The Hall–Kier alpha value is -2.18. The standard InChI is InChI=1S/C67H125NO5/c1-3-5-7-9-11-13-15-17-19-21-23-24-25-27-31-35-39-43-47-51-55-59-65(70)64(63-69)68-66(71)60-56-52-48-44-40-36-32-28-26-30-34-38-42-46-50-54-58-62-73-67(72)61-57-53-49-45-41-37-33-29-22-20-18-16-14-12-10-8-6-4-2/h14,16,20,22,26,30,55,59,64-65,69-70H,3-13,15,17-19,21,23-25,27-29,31-54,56-58,60-63H2,1-2H3,(H,68,71)/b16-14-,22-20-,30-26-,59-55+. The van der Waals surface area contributed by atoms with Gasteiger partial charge in [0, 0.05) is 12.8 Å². The first-order valence-corrected chi connectivity index (χ1v) is 32.4. The van der Waals surface area contributed by atoms with E-state index >= 15 is 0 Å². The molecule has 0 bridgehead atoms. The zero-order valence-corrected chi connectivity index (χ0v) is 48.9. The van der Waals surface area contributed by atoms with Crippen molar-refractivity contribution in [2.75, 3.05) is 13.2 Å². The molecule has 0 rings (SSSR count). The third kappa shape index (κ3) is 58.9. The quantitative estimate of drug-likeness (QED) is 0.0320. The van der Waals surface area contributed by atoms with Gasteiger partial charge in [-0.25, -0.2) is 0 Å². The SMILES string of the molecule is CCCCCC/C=C\C/C=C\CCCCCCCCCC(=O)OCCCCCCCC/C=C\CCCCCCCCCC(=O)NC(CO)C(O)/C=C/CCCCCCCCCCCCCCCCCCCCC. The van der Waals surface area contributed by atoms with E-state index in [1.165, 1.54) is 250 Å². The summed E-state index contributed by atoms with van der Waals surface area (Å²) in [6, 6.07) is -0.639. The molecule has 0 saturated heterocycles. The Kier molecular flexibility index (Phi) is 60.5. The van der Waals surface area contributed by atoms with E-state index in [9.17, 15) is 19.8 Å². The van der Waals surface area contributed by atoms with Crippen LogP contribution in [0.1, 0.15) is 341 Å². The van der Waals surface area contributed by atoms with Crippen LogP contribution in [0.15, 0.2) is 48.6 Å². The number of carbonyl (C=O) groups excluding carboxylic acids is 2. The first kappa shape index (κ1) is 70.8. The van der Waals surface area contributed by atoms with E-state index in [4.69, 9.17) is 4.74 Å². The van der Waals surface area contributed by atoms with E-state index in [0.717, 1.165) is 64.2 Å². The smallest absolute Gasteiger partial charge is 0.305 e. The fourth-order valence-electron chi connectivity index (χ4n) is 9.84. The summed E-state index contributed by atoms with van der Waals surface area (Å²) in [5.74, 6) is -0.0881. The van der Waals surface area contributed by atoms with Gasteiger partial charge >= 0.3 is 5.97 Å². The summed E-state index contributed by atoms with van der Waals surface area (Å²) in [6.45, 7) is 4.88. The van der Waals surface area contributed by atoms with Gasteiger partial charge < -0.3 is 20.3 Å². The second kappa shape index (κ2) is 62.4. The molecular formula is C67H125NO5. The average Bonchev–Trinajstić information content (AvgIpc) is 3.39. The molecule has 0 fully saturated rings. The number of ether oxygens (including phenoxy) is 1. The number of hydrogen-bond acceptors (Lipinski definition) is 5. The number of aliphatic hydroxyl groups is 2. The zero-order chi connectivity index (χ0) is 52.9. The van der Waals surface area contributed by atoms with Crippen LogP contribution < -0.4 is 5.32 Å². The molecule has 2 atom stereocenters. The van der Waals surface area contributed by atoms with Crippen LogP contribution in [0.3, 0.4) is 0 Å². The van der Waals surface area contributed by atoms with Crippen molar-refractivity contribution in [3.05, 3.63) is 48.6 Å². The van der Waals surface area contributed by atoms with Crippen LogP contribution in [0, 0.1) is 0 Å². The largest absolute Gasteiger partial charge is 0.466 e. The normalized spacial score (nSPS) is 12.9. The van der Waals surface area contributed by atoms with Crippen molar-refractivity contribution in [3.63, 3.8) is 0 Å². The number of hydrogen-bond donors (Lipinski definition) is 3. The van der Waals surface area contributed by atoms with E-state index in [1.54, 1.807) is 6.08 Å². The van der Waals surface area contributed by atoms with Gasteiger partial charge in [-0.2, -0.15) is 0 Å². The first-order chi connectivity index (χ1) is 36.0. The van der Waals surface area contributed by atoms with Crippen LogP contribution in [0.4, 0.5) is 0 Å². The maximum Gasteiger partial charge on any atom is 0.305 e. The third-order valence-corrected chi connectivity index (χ3v) is 14.8. The van der Waals surface area contributed by atoms with Gasteiger partial charge in [-0.1, -0.05) is 287 Å². The van der Waals surface area contributed by atoms with Gasteiger partial charge in [-0.05, 0) is 89.9 Å². The molecule has 428 valence electrons. The van der Waals surface area contributed by atoms with Gasteiger partial charge in [0.15, 0.2) is 0 Å². The maximum absolute atomic E-state index is 12.5. The number of amides is 1. The number of unbranched alkanes of at least 4 members (excludes halogenated alkanes) is 43. The monoisotopic (exact) mass is 1020 g/mol. The Labute approximate surface area is 455 Å². The molecule has 6 heteroatoms. The molecule has 0 aliphatic carbocycles. The lowest BCUT2D eigenvalue weighted by Gasteiger charge is -2.20. The van der Waals surface area contributed by atoms with Crippen molar-refractivity contribution < 1.29 is 24.5 Å².